The van der Waals surface area contributed by atoms with Crippen molar-refractivity contribution in [3.63, 3.8) is 0 Å². The van der Waals surface area contributed by atoms with E-state index in [1.807, 2.05) is 18.2 Å². The Balaban J connectivity index is 1.60. The van der Waals surface area contributed by atoms with Gasteiger partial charge in [0.05, 0.1) is 16.8 Å². The molecule has 0 radical (unpaired) electrons. The van der Waals surface area contributed by atoms with E-state index < -0.39 is 0 Å². The van der Waals surface area contributed by atoms with Gasteiger partial charge in [-0.2, -0.15) is 0 Å². The summed E-state index contributed by atoms with van der Waals surface area (Å²) in [5.74, 6) is -0.462. The molecule has 2 heterocycles. The molecule has 0 atom stereocenters. The maximum atomic E-state index is 12.6. The number of benzene rings is 2. The Morgan fingerprint density at radius 3 is 2.12 bits per heavy atom. The van der Waals surface area contributed by atoms with E-state index >= 15 is 0 Å². The van der Waals surface area contributed by atoms with Crippen LogP contribution in [0.5, 0.6) is 0 Å². The van der Waals surface area contributed by atoms with Crippen molar-refractivity contribution >= 4 is 17.5 Å². The van der Waals surface area contributed by atoms with E-state index in [2.05, 4.69) is 11.0 Å². The Bertz CT molecular complexity index is 759. The number of likely N-dealkylation sites (tertiary alicyclic amines) is 1. The normalized spacial score (nSPS) is 18.1. The number of hydrogen-bond donors (Lipinski definition) is 0. The molecule has 2 amide bonds. The maximum Gasteiger partial charge on any atom is 0.266 e. The van der Waals surface area contributed by atoms with E-state index in [4.69, 9.17) is 0 Å². The molecule has 0 aliphatic carbocycles. The molecule has 4 heteroatoms. The second-order valence-electron chi connectivity index (χ2n) is 6.50. The van der Waals surface area contributed by atoms with Crippen molar-refractivity contribution in [3.05, 3.63) is 65.2 Å². The van der Waals surface area contributed by atoms with Crippen LogP contribution in [-0.4, -0.2) is 29.8 Å². The summed E-state index contributed by atoms with van der Waals surface area (Å²) < 4.78 is 0. The number of rotatable bonds is 3. The Morgan fingerprint density at radius 2 is 1.46 bits per heavy atom. The molecule has 4 nitrogen and oxygen atoms in total. The summed E-state index contributed by atoms with van der Waals surface area (Å²) in [4.78, 5) is 28.9. The Hall–Kier alpha value is -2.46. The molecule has 0 saturated carbocycles. The number of carbonyl (C=O) groups is 2. The fraction of sp³-hybridized carbons (Fsp3) is 0.300. The minimum Gasteiger partial charge on any atom is -0.299 e. The van der Waals surface area contributed by atoms with Gasteiger partial charge in [0.2, 0.25) is 0 Å². The van der Waals surface area contributed by atoms with Crippen molar-refractivity contribution in [1.29, 1.82) is 0 Å². The zero-order valence-electron chi connectivity index (χ0n) is 13.6. The second kappa shape index (κ2) is 6.21. The van der Waals surface area contributed by atoms with Crippen LogP contribution in [0.3, 0.4) is 0 Å². The Morgan fingerprint density at radius 1 is 0.792 bits per heavy atom. The zero-order chi connectivity index (χ0) is 16.5. The van der Waals surface area contributed by atoms with Crippen LogP contribution in [0.2, 0.25) is 0 Å². The SMILES string of the molecule is O=C1c2ccccc2C(=O)N1c1cccc(CN2CCCCC2)c1. The smallest absolute Gasteiger partial charge is 0.266 e. The van der Waals surface area contributed by atoms with Gasteiger partial charge in [0.25, 0.3) is 11.8 Å². The lowest BCUT2D eigenvalue weighted by molar-refractivity contribution is 0.0926. The van der Waals surface area contributed by atoms with E-state index in [1.165, 1.54) is 24.2 Å². The van der Waals surface area contributed by atoms with Crippen LogP contribution in [0, 0.1) is 0 Å². The molecule has 1 fully saturated rings. The largest absolute Gasteiger partial charge is 0.299 e. The molecule has 0 spiro atoms. The van der Waals surface area contributed by atoms with Gasteiger partial charge < -0.3 is 0 Å². The van der Waals surface area contributed by atoms with Crippen molar-refractivity contribution in [2.45, 2.75) is 25.8 Å². The highest BCUT2D eigenvalue weighted by Crippen LogP contribution is 2.29. The Labute approximate surface area is 141 Å². The number of imide groups is 1. The van der Waals surface area contributed by atoms with Crippen LogP contribution in [-0.2, 0) is 6.54 Å². The number of anilines is 1. The van der Waals surface area contributed by atoms with Gasteiger partial charge in [-0.3, -0.25) is 14.5 Å². The average Bonchev–Trinajstić information content (AvgIpc) is 2.87. The summed E-state index contributed by atoms with van der Waals surface area (Å²) in [5, 5.41) is 0. The third kappa shape index (κ3) is 2.63. The Kier molecular flexibility index (Phi) is 3.90. The van der Waals surface area contributed by atoms with Gasteiger partial charge in [-0.25, -0.2) is 4.90 Å². The highest BCUT2D eigenvalue weighted by Gasteiger charge is 2.36. The molecule has 2 aromatic carbocycles. The van der Waals surface area contributed by atoms with E-state index in [1.54, 1.807) is 24.3 Å². The quantitative estimate of drug-likeness (QED) is 0.813. The first-order chi connectivity index (χ1) is 11.7. The maximum absolute atomic E-state index is 12.6. The lowest BCUT2D eigenvalue weighted by atomic mass is 10.1. The first-order valence-corrected chi connectivity index (χ1v) is 8.53. The monoisotopic (exact) mass is 320 g/mol. The molecule has 122 valence electrons. The van der Waals surface area contributed by atoms with Crippen LogP contribution in [0.25, 0.3) is 0 Å². The van der Waals surface area contributed by atoms with Gasteiger partial charge in [-0.1, -0.05) is 30.7 Å². The number of carbonyl (C=O) groups excluding carboxylic acids is 2. The van der Waals surface area contributed by atoms with Crippen LogP contribution < -0.4 is 4.90 Å². The molecule has 4 rings (SSSR count). The molecule has 2 aliphatic rings. The summed E-state index contributed by atoms with van der Waals surface area (Å²) in [6.07, 6.45) is 3.81. The highest BCUT2D eigenvalue weighted by molar-refractivity contribution is 6.34. The molecule has 0 N–H and O–H groups in total. The first-order valence-electron chi connectivity index (χ1n) is 8.53. The van der Waals surface area contributed by atoms with Gasteiger partial charge in [-0.15, -0.1) is 0 Å². The lowest BCUT2D eigenvalue weighted by Crippen LogP contribution is -2.30. The first kappa shape index (κ1) is 15.1. The molecule has 0 bridgehead atoms. The van der Waals surface area contributed by atoms with Gasteiger partial charge in [0.15, 0.2) is 0 Å². The van der Waals surface area contributed by atoms with E-state index in [0.29, 0.717) is 16.8 Å². The number of nitrogens with zero attached hydrogens (tertiary/aromatic N) is 2. The number of amides is 2. The predicted octanol–water partition coefficient (Wildman–Crippen LogP) is 3.47. The molecule has 1 saturated heterocycles. The van der Waals surface area contributed by atoms with Crippen molar-refractivity contribution < 1.29 is 9.59 Å². The standard InChI is InChI=1S/C20H20N2O2/c23-19-17-9-2-3-10-18(17)20(24)22(19)16-8-6-7-15(13-16)14-21-11-4-1-5-12-21/h2-3,6-10,13H,1,4-5,11-12,14H2. The summed E-state index contributed by atoms with van der Waals surface area (Å²) >= 11 is 0. The summed E-state index contributed by atoms with van der Waals surface area (Å²) in [6, 6.07) is 14.8. The predicted molar refractivity (Wildman–Crippen MR) is 93.2 cm³/mol. The molecular formula is C20H20N2O2. The van der Waals surface area contributed by atoms with Gasteiger partial charge >= 0.3 is 0 Å². The molecule has 0 unspecified atom stereocenters. The van der Waals surface area contributed by atoms with Gasteiger partial charge in [0.1, 0.15) is 0 Å². The molecule has 2 aliphatic heterocycles. The third-order valence-corrected chi connectivity index (χ3v) is 4.82. The van der Waals surface area contributed by atoms with Crippen LogP contribution >= 0.6 is 0 Å². The van der Waals surface area contributed by atoms with Gasteiger partial charge in [-0.05, 0) is 55.8 Å². The average molecular weight is 320 g/mol. The second-order valence-corrected chi connectivity index (χ2v) is 6.50. The minimum atomic E-state index is -0.231. The fourth-order valence-electron chi connectivity index (χ4n) is 3.59. The fourth-order valence-corrected chi connectivity index (χ4v) is 3.59. The number of fused-ring (bicyclic) bond motifs is 1. The van der Waals surface area contributed by atoms with Crippen molar-refractivity contribution in [3.8, 4) is 0 Å². The van der Waals surface area contributed by atoms with Crippen molar-refractivity contribution in [1.82, 2.24) is 4.90 Å². The minimum absolute atomic E-state index is 0.231. The van der Waals surface area contributed by atoms with Crippen LogP contribution in [0.1, 0.15) is 45.5 Å². The number of hydrogen-bond acceptors (Lipinski definition) is 3. The summed E-state index contributed by atoms with van der Waals surface area (Å²) in [5.41, 5.74) is 2.79. The van der Waals surface area contributed by atoms with Crippen molar-refractivity contribution in [2.75, 3.05) is 18.0 Å². The summed E-state index contributed by atoms with van der Waals surface area (Å²) in [6.45, 7) is 3.12. The van der Waals surface area contributed by atoms with E-state index in [0.717, 1.165) is 25.2 Å². The molecule has 2 aromatic rings. The highest BCUT2D eigenvalue weighted by atomic mass is 16.2. The topological polar surface area (TPSA) is 40.6 Å². The van der Waals surface area contributed by atoms with Crippen molar-refractivity contribution in [2.24, 2.45) is 0 Å². The third-order valence-electron chi connectivity index (χ3n) is 4.82. The molecular weight excluding hydrogens is 300 g/mol. The zero-order valence-corrected chi connectivity index (χ0v) is 13.6. The van der Waals surface area contributed by atoms with Crippen LogP contribution in [0.15, 0.2) is 48.5 Å². The lowest BCUT2D eigenvalue weighted by Gasteiger charge is -2.26. The molecule has 0 aromatic heterocycles. The van der Waals surface area contributed by atoms with Gasteiger partial charge in [0, 0.05) is 6.54 Å². The molecule has 24 heavy (non-hydrogen) atoms. The van der Waals surface area contributed by atoms with Crippen LogP contribution in [0.4, 0.5) is 5.69 Å². The van der Waals surface area contributed by atoms with E-state index in [-0.39, 0.29) is 11.8 Å². The summed E-state index contributed by atoms with van der Waals surface area (Å²) in [7, 11) is 0. The number of piperidine rings is 1. The van der Waals surface area contributed by atoms with E-state index in [9.17, 15) is 9.59 Å².